The van der Waals surface area contributed by atoms with Gasteiger partial charge in [-0.1, -0.05) is 22.3 Å². The van der Waals surface area contributed by atoms with E-state index in [0.29, 0.717) is 5.92 Å². The highest BCUT2D eigenvalue weighted by Crippen LogP contribution is 2.47. The van der Waals surface area contributed by atoms with Gasteiger partial charge in [0.1, 0.15) is 0 Å². The minimum atomic E-state index is -0.471. The van der Waals surface area contributed by atoms with Gasteiger partial charge in [0.25, 0.3) is 0 Å². The van der Waals surface area contributed by atoms with Gasteiger partial charge in [0.2, 0.25) is 0 Å². The lowest BCUT2D eigenvalue weighted by Crippen LogP contribution is -2.29. The third kappa shape index (κ3) is 1.98. The number of fused-ring (bicyclic) bond motifs is 1. The highest BCUT2D eigenvalue weighted by atomic mass is 16.3. The van der Waals surface area contributed by atoms with Crippen LogP contribution >= 0.6 is 0 Å². The van der Waals surface area contributed by atoms with Gasteiger partial charge in [0.15, 0.2) is 0 Å². The van der Waals surface area contributed by atoms with Crippen LogP contribution in [0.25, 0.3) is 0 Å². The number of rotatable bonds is 0. The predicted molar refractivity (Wildman–Crippen MR) is 68.3 cm³/mol. The van der Waals surface area contributed by atoms with Crippen LogP contribution in [-0.4, -0.2) is 10.7 Å². The van der Waals surface area contributed by atoms with Crippen molar-refractivity contribution < 1.29 is 5.11 Å². The van der Waals surface area contributed by atoms with E-state index in [-0.39, 0.29) is 0 Å². The molecule has 0 saturated heterocycles. The van der Waals surface area contributed by atoms with Crippen LogP contribution in [0.2, 0.25) is 0 Å². The van der Waals surface area contributed by atoms with Crippen molar-refractivity contribution in [2.24, 2.45) is 5.92 Å². The first-order chi connectivity index (χ1) is 7.42. The summed E-state index contributed by atoms with van der Waals surface area (Å²) >= 11 is 0. The molecule has 0 aromatic heterocycles. The van der Waals surface area contributed by atoms with Crippen LogP contribution in [0.5, 0.6) is 0 Å². The minimum Gasteiger partial charge on any atom is -0.390 e. The van der Waals surface area contributed by atoms with Crippen molar-refractivity contribution in [2.75, 3.05) is 0 Å². The molecular formula is C15H24O. The Bertz CT molecular complexity index is 354. The van der Waals surface area contributed by atoms with Crippen LogP contribution in [0.3, 0.4) is 0 Å². The summed E-state index contributed by atoms with van der Waals surface area (Å²) in [6.07, 6.45) is 5.54. The quantitative estimate of drug-likeness (QED) is 0.612. The van der Waals surface area contributed by atoms with Crippen molar-refractivity contribution in [3.63, 3.8) is 0 Å². The maximum atomic E-state index is 10.5. The van der Waals surface area contributed by atoms with E-state index in [4.69, 9.17) is 0 Å². The molecule has 1 saturated carbocycles. The maximum absolute atomic E-state index is 10.5. The summed E-state index contributed by atoms with van der Waals surface area (Å²) in [7, 11) is 0. The van der Waals surface area contributed by atoms with Gasteiger partial charge in [-0.25, -0.2) is 0 Å². The van der Waals surface area contributed by atoms with Crippen molar-refractivity contribution in [1.29, 1.82) is 0 Å². The van der Waals surface area contributed by atoms with Crippen LogP contribution in [-0.2, 0) is 0 Å². The molecule has 2 aliphatic carbocycles. The van der Waals surface area contributed by atoms with Crippen molar-refractivity contribution in [3.05, 3.63) is 22.3 Å². The van der Waals surface area contributed by atoms with Gasteiger partial charge in [0, 0.05) is 5.92 Å². The molecule has 1 nitrogen and oxygen atoms in total. The summed E-state index contributed by atoms with van der Waals surface area (Å²) in [6.45, 7) is 8.70. The Morgan fingerprint density at radius 3 is 2.56 bits per heavy atom. The predicted octanol–water partition coefficient (Wildman–Crippen LogP) is 3.98. The lowest BCUT2D eigenvalue weighted by Gasteiger charge is -2.27. The lowest BCUT2D eigenvalue weighted by atomic mass is 9.84. The number of hydrogen-bond acceptors (Lipinski definition) is 1. The topological polar surface area (TPSA) is 20.2 Å². The fourth-order valence-electron chi connectivity index (χ4n) is 3.27. The molecule has 0 aromatic carbocycles. The molecule has 90 valence electrons. The fourth-order valence-corrected chi connectivity index (χ4v) is 3.27. The van der Waals surface area contributed by atoms with E-state index >= 15 is 0 Å². The molecule has 16 heavy (non-hydrogen) atoms. The SMILES string of the molecule is CC(C)=C1CCC(C)=C2CC[C@@](C)(O)[C@H]2C1. The summed E-state index contributed by atoms with van der Waals surface area (Å²) in [5.41, 5.74) is 5.65. The number of aliphatic hydroxyl groups is 1. The van der Waals surface area contributed by atoms with Crippen LogP contribution in [0.15, 0.2) is 22.3 Å². The van der Waals surface area contributed by atoms with Gasteiger partial charge in [-0.15, -0.1) is 0 Å². The van der Waals surface area contributed by atoms with E-state index in [1.54, 1.807) is 16.7 Å². The molecular weight excluding hydrogens is 196 g/mol. The zero-order chi connectivity index (χ0) is 11.9. The van der Waals surface area contributed by atoms with E-state index in [0.717, 1.165) is 19.3 Å². The average molecular weight is 220 g/mol. The monoisotopic (exact) mass is 220 g/mol. The Morgan fingerprint density at radius 2 is 1.94 bits per heavy atom. The molecule has 1 fully saturated rings. The van der Waals surface area contributed by atoms with Gasteiger partial charge in [-0.05, 0) is 59.8 Å². The summed E-state index contributed by atoms with van der Waals surface area (Å²) in [6, 6.07) is 0. The van der Waals surface area contributed by atoms with E-state index < -0.39 is 5.60 Å². The second kappa shape index (κ2) is 4.03. The normalized spacial score (nSPS) is 35.1. The third-order valence-electron chi connectivity index (χ3n) is 4.58. The molecule has 0 unspecified atom stereocenters. The molecule has 0 aromatic rings. The fraction of sp³-hybridized carbons (Fsp3) is 0.733. The summed E-state index contributed by atoms with van der Waals surface area (Å²) in [5, 5.41) is 10.5. The summed E-state index contributed by atoms with van der Waals surface area (Å²) < 4.78 is 0. The Balaban J connectivity index is 2.37. The van der Waals surface area contributed by atoms with E-state index in [1.165, 1.54) is 18.4 Å². The zero-order valence-electron chi connectivity index (χ0n) is 11.1. The zero-order valence-corrected chi connectivity index (χ0v) is 11.1. The van der Waals surface area contributed by atoms with Crippen LogP contribution in [0.4, 0.5) is 0 Å². The molecule has 1 N–H and O–H groups in total. The van der Waals surface area contributed by atoms with E-state index in [1.807, 2.05) is 6.92 Å². The smallest absolute Gasteiger partial charge is 0.0691 e. The Labute approximate surface area is 99.3 Å². The molecule has 0 spiro atoms. The first-order valence-electron chi connectivity index (χ1n) is 6.48. The van der Waals surface area contributed by atoms with Gasteiger partial charge in [0.05, 0.1) is 5.60 Å². The molecule has 0 amide bonds. The second-order valence-corrected chi connectivity index (χ2v) is 6.02. The van der Waals surface area contributed by atoms with Crippen molar-refractivity contribution in [1.82, 2.24) is 0 Å². The van der Waals surface area contributed by atoms with E-state index in [9.17, 15) is 5.11 Å². The summed E-state index contributed by atoms with van der Waals surface area (Å²) in [5.74, 6) is 0.389. The van der Waals surface area contributed by atoms with Crippen molar-refractivity contribution in [3.8, 4) is 0 Å². The molecule has 0 bridgehead atoms. The van der Waals surface area contributed by atoms with E-state index in [2.05, 4.69) is 20.8 Å². The minimum absolute atomic E-state index is 0.389. The van der Waals surface area contributed by atoms with Gasteiger partial charge in [-0.2, -0.15) is 0 Å². The largest absolute Gasteiger partial charge is 0.390 e. The van der Waals surface area contributed by atoms with Crippen molar-refractivity contribution in [2.45, 2.75) is 65.4 Å². The van der Waals surface area contributed by atoms with Gasteiger partial charge in [-0.3, -0.25) is 0 Å². The Hall–Kier alpha value is -0.560. The first-order valence-corrected chi connectivity index (χ1v) is 6.48. The highest BCUT2D eigenvalue weighted by Gasteiger charge is 2.42. The average Bonchev–Trinajstić information content (AvgIpc) is 2.38. The van der Waals surface area contributed by atoms with Crippen LogP contribution < -0.4 is 0 Å². The molecule has 0 heterocycles. The maximum Gasteiger partial charge on any atom is 0.0691 e. The lowest BCUT2D eigenvalue weighted by molar-refractivity contribution is 0.0287. The van der Waals surface area contributed by atoms with Crippen molar-refractivity contribution >= 4 is 0 Å². The van der Waals surface area contributed by atoms with Crippen LogP contribution in [0, 0.1) is 5.92 Å². The highest BCUT2D eigenvalue weighted by molar-refractivity contribution is 5.30. The molecule has 2 atom stereocenters. The number of hydrogen-bond donors (Lipinski definition) is 1. The molecule has 0 radical (unpaired) electrons. The van der Waals surface area contributed by atoms with Crippen LogP contribution in [0.1, 0.15) is 59.8 Å². The molecule has 2 rings (SSSR count). The Morgan fingerprint density at radius 1 is 1.25 bits per heavy atom. The number of allylic oxidation sites excluding steroid dienone is 3. The second-order valence-electron chi connectivity index (χ2n) is 6.02. The van der Waals surface area contributed by atoms with Gasteiger partial charge >= 0.3 is 0 Å². The van der Waals surface area contributed by atoms with Gasteiger partial charge < -0.3 is 5.11 Å². The third-order valence-corrected chi connectivity index (χ3v) is 4.58. The summed E-state index contributed by atoms with van der Waals surface area (Å²) in [4.78, 5) is 0. The molecule has 0 aliphatic heterocycles. The first kappa shape index (κ1) is 11.9. The Kier molecular flexibility index (Phi) is 3.00. The standard InChI is InChI=1S/C15H24O/c1-10(2)12-6-5-11(3)13-7-8-15(4,16)14(13)9-12/h14,16H,5-9H2,1-4H3/t14-,15+/m0/s1. The molecule has 1 heteroatoms. The molecule has 2 aliphatic rings.